The number of nitrogens with one attached hydrogen (secondary N) is 1. The normalized spacial score (nSPS) is 14.8. The number of rotatable bonds is 12. The Hall–Kier alpha value is -3.06. The second kappa shape index (κ2) is 13.7. The monoisotopic (exact) mass is 482 g/mol. The van der Waals surface area contributed by atoms with Gasteiger partial charge in [0.05, 0.1) is 6.54 Å². The quantitative estimate of drug-likeness (QED) is 0.416. The molecule has 190 valence electrons. The van der Waals surface area contributed by atoms with Crippen LogP contribution in [0.3, 0.4) is 0 Å². The lowest BCUT2D eigenvalue weighted by atomic mass is 9.89. The van der Waals surface area contributed by atoms with E-state index in [1.807, 2.05) is 60.4 Å². The van der Waals surface area contributed by atoms with Crippen molar-refractivity contribution >= 4 is 17.7 Å². The van der Waals surface area contributed by atoms with E-state index in [-0.39, 0.29) is 6.03 Å². The van der Waals surface area contributed by atoms with Gasteiger partial charge < -0.3 is 24.8 Å². The van der Waals surface area contributed by atoms with Crippen LogP contribution in [0, 0.1) is 12.8 Å². The summed E-state index contributed by atoms with van der Waals surface area (Å²) in [5.74, 6) is 0.252. The number of benzene rings is 2. The lowest BCUT2D eigenvalue weighted by molar-refractivity contribution is -0.149. The molecule has 2 aromatic carbocycles. The van der Waals surface area contributed by atoms with E-state index in [9.17, 15) is 14.7 Å². The number of carbonyl (C=O) groups is 2. The maximum absolute atomic E-state index is 13.1. The summed E-state index contributed by atoms with van der Waals surface area (Å²) in [6, 6.07) is 15.1. The zero-order valence-electron chi connectivity index (χ0n) is 20.9. The van der Waals surface area contributed by atoms with Gasteiger partial charge in [-0.3, -0.25) is 0 Å². The highest BCUT2D eigenvalue weighted by Crippen LogP contribution is 2.25. The Labute approximate surface area is 208 Å². The van der Waals surface area contributed by atoms with Crippen LogP contribution < -0.4 is 10.1 Å². The molecule has 1 fully saturated rings. The molecule has 7 heteroatoms. The van der Waals surface area contributed by atoms with Crippen LogP contribution in [-0.4, -0.2) is 54.4 Å². The first-order valence-corrected chi connectivity index (χ1v) is 12.6. The fourth-order valence-electron chi connectivity index (χ4n) is 4.51. The maximum Gasteiger partial charge on any atom is 0.333 e. The second-order valence-electron chi connectivity index (χ2n) is 9.23. The molecule has 0 radical (unpaired) electrons. The molecule has 0 heterocycles. The fourth-order valence-corrected chi connectivity index (χ4v) is 4.51. The van der Waals surface area contributed by atoms with Crippen LogP contribution in [0.5, 0.6) is 5.75 Å². The summed E-state index contributed by atoms with van der Waals surface area (Å²) >= 11 is 0. The summed E-state index contributed by atoms with van der Waals surface area (Å²) in [5, 5.41) is 12.3. The molecule has 0 aromatic heterocycles. The number of anilines is 1. The Morgan fingerprint density at radius 3 is 2.51 bits per heavy atom. The van der Waals surface area contributed by atoms with Crippen LogP contribution in [-0.2, 0) is 16.0 Å². The van der Waals surface area contributed by atoms with Gasteiger partial charge in [-0.2, -0.15) is 0 Å². The van der Waals surface area contributed by atoms with Gasteiger partial charge in [0.15, 0.2) is 6.10 Å². The van der Waals surface area contributed by atoms with Crippen molar-refractivity contribution in [1.29, 1.82) is 0 Å². The van der Waals surface area contributed by atoms with Crippen LogP contribution in [0.25, 0.3) is 0 Å². The summed E-state index contributed by atoms with van der Waals surface area (Å²) in [6.07, 6.45) is 5.51. The van der Waals surface area contributed by atoms with E-state index < -0.39 is 12.1 Å². The lowest BCUT2D eigenvalue weighted by Gasteiger charge is -2.30. The van der Waals surface area contributed by atoms with Gasteiger partial charge in [-0.25, -0.2) is 9.59 Å². The average Bonchev–Trinajstić information content (AvgIpc) is 2.84. The van der Waals surface area contributed by atoms with Gasteiger partial charge in [0.25, 0.3) is 0 Å². The summed E-state index contributed by atoms with van der Waals surface area (Å²) in [4.78, 5) is 26.3. The molecule has 1 aliphatic carbocycles. The molecule has 2 N–H and O–H groups in total. The van der Waals surface area contributed by atoms with Gasteiger partial charge in [0, 0.05) is 25.3 Å². The first-order chi connectivity index (χ1) is 16.9. The van der Waals surface area contributed by atoms with Gasteiger partial charge >= 0.3 is 12.0 Å². The van der Waals surface area contributed by atoms with E-state index in [4.69, 9.17) is 9.47 Å². The molecule has 3 rings (SSSR count). The Morgan fingerprint density at radius 2 is 1.86 bits per heavy atom. The highest BCUT2D eigenvalue weighted by molar-refractivity contribution is 5.89. The van der Waals surface area contributed by atoms with E-state index in [0.29, 0.717) is 37.8 Å². The number of hydrogen-bond donors (Lipinski definition) is 2. The third-order valence-corrected chi connectivity index (χ3v) is 6.38. The summed E-state index contributed by atoms with van der Waals surface area (Å²) in [7, 11) is 0. The second-order valence-corrected chi connectivity index (χ2v) is 9.23. The molecule has 1 unspecified atom stereocenters. The number of carbonyl (C=O) groups excluding carboxylic acids is 1. The van der Waals surface area contributed by atoms with Gasteiger partial charge in [0.1, 0.15) is 12.4 Å². The van der Waals surface area contributed by atoms with Gasteiger partial charge in [0.2, 0.25) is 0 Å². The van der Waals surface area contributed by atoms with Crippen molar-refractivity contribution in [3.8, 4) is 5.75 Å². The first kappa shape index (κ1) is 26.5. The molecule has 2 amide bonds. The minimum absolute atomic E-state index is 0.101. The zero-order chi connectivity index (χ0) is 25.0. The van der Waals surface area contributed by atoms with E-state index in [1.54, 1.807) is 6.92 Å². The molecular weight excluding hydrogens is 444 g/mol. The molecule has 2 aromatic rings. The molecule has 1 atom stereocenters. The average molecular weight is 483 g/mol. The summed E-state index contributed by atoms with van der Waals surface area (Å²) < 4.78 is 11.2. The van der Waals surface area contributed by atoms with Crippen molar-refractivity contribution in [3.63, 3.8) is 0 Å². The predicted molar refractivity (Wildman–Crippen MR) is 137 cm³/mol. The number of carboxylic acid groups (broad SMARTS) is 1. The highest BCUT2D eigenvalue weighted by atomic mass is 16.5. The van der Waals surface area contributed by atoms with E-state index in [1.165, 1.54) is 19.3 Å². The number of aliphatic carboxylic acids is 1. The zero-order valence-corrected chi connectivity index (χ0v) is 20.9. The lowest BCUT2D eigenvalue weighted by Crippen LogP contribution is -2.41. The Morgan fingerprint density at radius 1 is 1.11 bits per heavy atom. The van der Waals surface area contributed by atoms with Crippen LogP contribution in [0.2, 0.25) is 0 Å². The molecule has 0 bridgehead atoms. The maximum atomic E-state index is 13.1. The van der Waals surface area contributed by atoms with E-state index in [2.05, 4.69) is 5.32 Å². The van der Waals surface area contributed by atoms with Crippen molar-refractivity contribution in [2.24, 2.45) is 5.92 Å². The Bertz CT molecular complexity index is 941. The smallest absolute Gasteiger partial charge is 0.333 e. The van der Waals surface area contributed by atoms with Crippen LogP contribution in [0.15, 0.2) is 48.5 Å². The molecule has 35 heavy (non-hydrogen) atoms. The number of nitrogens with zero attached hydrogens (tertiary/aromatic N) is 1. The van der Waals surface area contributed by atoms with Crippen LogP contribution in [0.4, 0.5) is 10.5 Å². The first-order valence-electron chi connectivity index (χ1n) is 12.6. The van der Waals surface area contributed by atoms with Crippen molar-refractivity contribution in [2.45, 2.75) is 58.5 Å². The number of amides is 2. The largest absolute Gasteiger partial charge is 0.492 e. The Balaban J connectivity index is 1.56. The van der Waals surface area contributed by atoms with Crippen molar-refractivity contribution in [3.05, 3.63) is 59.7 Å². The van der Waals surface area contributed by atoms with Crippen molar-refractivity contribution in [1.82, 2.24) is 4.90 Å². The van der Waals surface area contributed by atoms with E-state index in [0.717, 1.165) is 36.2 Å². The van der Waals surface area contributed by atoms with Gasteiger partial charge in [-0.05, 0) is 68.0 Å². The number of urea groups is 1. The topological polar surface area (TPSA) is 88.1 Å². The number of carboxylic acids is 1. The molecular formula is C28H38N2O5. The number of aryl methyl sites for hydroxylation is 1. The predicted octanol–water partition coefficient (Wildman–Crippen LogP) is 5.52. The third-order valence-electron chi connectivity index (χ3n) is 6.38. The molecule has 1 saturated carbocycles. The van der Waals surface area contributed by atoms with Crippen LogP contribution >= 0.6 is 0 Å². The van der Waals surface area contributed by atoms with E-state index >= 15 is 0 Å². The third kappa shape index (κ3) is 8.91. The molecule has 7 nitrogen and oxygen atoms in total. The van der Waals surface area contributed by atoms with Gasteiger partial charge in [-0.15, -0.1) is 0 Å². The van der Waals surface area contributed by atoms with Crippen molar-refractivity contribution in [2.75, 3.05) is 31.6 Å². The minimum Gasteiger partial charge on any atom is -0.492 e. The molecule has 0 aliphatic heterocycles. The molecule has 1 aliphatic rings. The highest BCUT2D eigenvalue weighted by Gasteiger charge is 2.21. The Kier molecular flexibility index (Phi) is 10.4. The van der Waals surface area contributed by atoms with Gasteiger partial charge in [-0.1, -0.05) is 43.5 Å². The minimum atomic E-state index is -0.964. The molecule has 0 spiro atoms. The fraction of sp³-hybridized carbons (Fsp3) is 0.500. The van der Waals surface area contributed by atoms with Crippen LogP contribution in [0.1, 0.15) is 50.2 Å². The SMILES string of the molecule is CCOC(Cc1ccc(OCCN(CC2CCCCC2)C(=O)Nc2cccc(C)c2)cc1)C(=O)O. The molecule has 0 saturated heterocycles. The van der Waals surface area contributed by atoms with Crippen molar-refractivity contribution < 1.29 is 24.2 Å². The number of hydrogen-bond acceptors (Lipinski definition) is 4. The summed E-state index contributed by atoms with van der Waals surface area (Å²) in [6.45, 7) is 5.74. The number of ether oxygens (including phenoxy) is 2. The standard InChI is InChI=1S/C28H38N2O5/c1-3-34-26(27(31)32)19-22-12-14-25(15-13-22)35-17-16-30(20-23-9-5-4-6-10-23)28(33)29-24-11-7-8-21(2)18-24/h7-8,11-15,18,23,26H,3-6,9-10,16-17,19-20H2,1-2H3,(H,29,33)(H,31,32). The summed E-state index contributed by atoms with van der Waals surface area (Å²) in [5.41, 5.74) is 2.77.